The van der Waals surface area contributed by atoms with E-state index in [0.29, 0.717) is 5.75 Å². The van der Waals surface area contributed by atoms with Gasteiger partial charge in [0, 0.05) is 13.1 Å². The van der Waals surface area contributed by atoms with Crippen molar-refractivity contribution in [2.45, 2.75) is 19.8 Å². The fourth-order valence-corrected chi connectivity index (χ4v) is 3.12. The summed E-state index contributed by atoms with van der Waals surface area (Å²) in [5.74, 6) is 0.123. The van der Waals surface area contributed by atoms with E-state index < -0.39 is 5.91 Å². The van der Waals surface area contributed by atoms with Gasteiger partial charge in [-0.3, -0.25) is 9.59 Å². The van der Waals surface area contributed by atoms with Gasteiger partial charge in [0.25, 0.3) is 11.8 Å². The first-order valence-electron chi connectivity index (χ1n) is 9.24. The lowest BCUT2D eigenvalue weighted by Gasteiger charge is -2.13. The van der Waals surface area contributed by atoms with Gasteiger partial charge >= 0.3 is 0 Å². The fraction of sp³-hybridized carbons (Fsp3) is 0.333. The molecule has 6 nitrogen and oxygen atoms in total. The summed E-state index contributed by atoms with van der Waals surface area (Å²) in [6, 6.07) is 10.7. The maximum atomic E-state index is 12.4. The van der Waals surface area contributed by atoms with Crippen molar-refractivity contribution in [3.05, 3.63) is 57.6 Å². The second-order valence-electron chi connectivity index (χ2n) is 6.23. The first kappa shape index (κ1) is 22.8. The van der Waals surface area contributed by atoms with Crippen molar-refractivity contribution in [2.24, 2.45) is 0 Å². The molecule has 0 fully saturated rings. The SMILES string of the molecule is CCCc1ccc(OCC(=O)NCCNC(=O)c2c(Cl)ccc(Cl)c2OC)cc1. The van der Waals surface area contributed by atoms with Crippen LogP contribution in [-0.4, -0.2) is 38.6 Å². The minimum Gasteiger partial charge on any atom is -0.494 e. The number of carbonyl (C=O) groups excluding carboxylic acids is 2. The van der Waals surface area contributed by atoms with Gasteiger partial charge in [-0.2, -0.15) is 0 Å². The molecule has 0 heterocycles. The third kappa shape index (κ3) is 6.84. The molecule has 0 saturated carbocycles. The van der Waals surface area contributed by atoms with Crippen LogP contribution < -0.4 is 20.1 Å². The van der Waals surface area contributed by atoms with E-state index in [1.807, 2.05) is 24.3 Å². The minimum absolute atomic E-state index is 0.102. The van der Waals surface area contributed by atoms with Crippen molar-refractivity contribution in [1.82, 2.24) is 10.6 Å². The molecule has 2 N–H and O–H groups in total. The lowest BCUT2D eigenvalue weighted by atomic mass is 10.1. The van der Waals surface area contributed by atoms with Crippen LogP contribution in [0.3, 0.4) is 0 Å². The van der Waals surface area contributed by atoms with E-state index in [1.54, 1.807) is 6.07 Å². The van der Waals surface area contributed by atoms with Crippen LogP contribution in [0.5, 0.6) is 11.5 Å². The Kier molecular flexibility index (Phi) is 9.09. The second kappa shape index (κ2) is 11.5. The first-order chi connectivity index (χ1) is 14.0. The number of methoxy groups -OCH3 is 1. The number of nitrogens with one attached hydrogen (secondary N) is 2. The number of hydrogen-bond donors (Lipinski definition) is 2. The summed E-state index contributed by atoms with van der Waals surface area (Å²) in [6.07, 6.45) is 2.09. The summed E-state index contributed by atoms with van der Waals surface area (Å²) in [4.78, 5) is 24.2. The number of hydrogen-bond acceptors (Lipinski definition) is 4. The van der Waals surface area contributed by atoms with Crippen molar-refractivity contribution in [2.75, 3.05) is 26.8 Å². The van der Waals surface area contributed by atoms with E-state index in [0.717, 1.165) is 12.8 Å². The Bertz CT molecular complexity index is 841. The van der Waals surface area contributed by atoms with Crippen LogP contribution in [0, 0.1) is 0 Å². The molecule has 0 unspecified atom stereocenters. The molecule has 0 aliphatic rings. The molecule has 0 aliphatic carbocycles. The molecule has 0 saturated heterocycles. The zero-order chi connectivity index (χ0) is 21.2. The molecule has 29 heavy (non-hydrogen) atoms. The molecule has 2 rings (SSSR count). The van der Waals surface area contributed by atoms with Crippen LogP contribution in [0.4, 0.5) is 0 Å². The highest BCUT2D eigenvalue weighted by Gasteiger charge is 2.19. The molecule has 0 bridgehead atoms. The fourth-order valence-electron chi connectivity index (χ4n) is 2.65. The van der Waals surface area contributed by atoms with Crippen LogP contribution in [0.15, 0.2) is 36.4 Å². The summed E-state index contributed by atoms with van der Waals surface area (Å²) in [5, 5.41) is 5.86. The van der Waals surface area contributed by atoms with Crippen molar-refractivity contribution >= 4 is 35.0 Å². The number of benzene rings is 2. The number of halogens is 2. The normalized spacial score (nSPS) is 10.3. The maximum Gasteiger partial charge on any atom is 0.258 e. The van der Waals surface area contributed by atoms with E-state index in [-0.39, 0.29) is 47.0 Å². The van der Waals surface area contributed by atoms with E-state index in [4.69, 9.17) is 32.7 Å². The Balaban J connectivity index is 1.74. The molecule has 8 heteroatoms. The van der Waals surface area contributed by atoms with Crippen molar-refractivity contribution in [3.63, 3.8) is 0 Å². The zero-order valence-electron chi connectivity index (χ0n) is 16.4. The Morgan fingerprint density at radius 1 is 0.966 bits per heavy atom. The van der Waals surface area contributed by atoms with Gasteiger partial charge in [-0.05, 0) is 36.2 Å². The van der Waals surface area contributed by atoms with E-state index in [9.17, 15) is 9.59 Å². The molecule has 0 spiro atoms. The molecule has 2 aromatic rings. The molecule has 2 amide bonds. The van der Waals surface area contributed by atoms with Gasteiger partial charge in [-0.1, -0.05) is 48.7 Å². The lowest BCUT2D eigenvalue weighted by Crippen LogP contribution is -2.37. The summed E-state index contributed by atoms with van der Waals surface area (Å²) < 4.78 is 10.6. The van der Waals surface area contributed by atoms with E-state index in [1.165, 1.54) is 18.7 Å². The highest BCUT2D eigenvalue weighted by atomic mass is 35.5. The largest absolute Gasteiger partial charge is 0.494 e. The quantitative estimate of drug-likeness (QED) is 0.551. The zero-order valence-corrected chi connectivity index (χ0v) is 17.9. The van der Waals surface area contributed by atoms with Crippen LogP contribution in [0.1, 0.15) is 29.3 Å². The van der Waals surface area contributed by atoms with Crippen LogP contribution >= 0.6 is 23.2 Å². The second-order valence-corrected chi connectivity index (χ2v) is 7.04. The third-order valence-corrected chi connectivity index (χ3v) is 4.67. The van der Waals surface area contributed by atoms with Gasteiger partial charge in [0.15, 0.2) is 12.4 Å². The number of ether oxygens (including phenoxy) is 2. The number of carbonyl (C=O) groups is 2. The first-order valence-corrected chi connectivity index (χ1v) is 10.0. The van der Waals surface area contributed by atoms with Crippen LogP contribution in [0.2, 0.25) is 10.0 Å². The minimum atomic E-state index is -0.438. The van der Waals surface area contributed by atoms with E-state index in [2.05, 4.69) is 17.6 Å². The Morgan fingerprint density at radius 3 is 2.28 bits per heavy atom. The maximum absolute atomic E-state index is 12.4. The van der Waals surface area contributed by atoms with Crippen LogP contribution in [-0.2, 0) is 11.2 Å². The molecule has 156 valence electrons. The molecule has 0 radical (unpaired) electrons. The van der Waals surface area contributed by atoms with Gasteiger partial charge < -0.3 is 20.1 Å². The van der Waals surface area contributed by atoms with Crippen molar-refractivity contribution in [3.8, 4) is 11.5 Å². The highest BCUT2D eigenvalue weighted by molar-refractivity contribution is 6.37. The molecule has 0 atom stereocenters. The third-order valence-electron chi connectivity index (χ3n) is 4.05. The summed E-state index contributed by atoms with van der Waals surface area (Å²) >= 11 is 12.1. The lowest BCUT2D eigenvalue weighted by molar-refractivity contribution is -0.123. The Labute approximate surface area is 180 Å². The van der Waals surface area contributed by atoms with Gasteiger partial charge in [0.05, 0.1) is 17.2 Å². The standard InChI is InChI=1S/C21H24Cl2N2O4/c1-3-4-14-5-7-15(8-6-14)29-13-18(26)24-11-12-25-21(27)19-16(22)9-10-17(23)20(19)28-2/h5-10H,3-4,11-13H2,1-2H3,(H,24,26)(H,25,27). The molecular weight excluding hydrogens is 415 g/mol. The molecular formula is C21H24Cl2N2O4. The molecule has 0 aliphatic heterocycles. The molecule has 0 aromatic heterocycles. The smallest absolute Gasteiger partial charge is 0.258 e. The van der Waals surface area contributed by atoms with Crippen LogP contribution in [0.25, 0.3) is 0 Å². The van der Waals surface area contributed by atoms with Gasteiger partial charge in [0.1, 0.15) is 11.3 Å². The highest BCUT2D eigenvalue weighted by Crippen LogP contribution is 2.33. The summed E-state index contributed by atoms with van der Waals surface area (Å²) in [5.41, 5.74) is 1.39. The van der Waals surface area contributed by atoms with Gasteiger partial charge in [0.2, 0.25) is 0 Å². The van der Waals surface area contributed by atoms with Crippen molar-refractivity contribution < 1.29 is 19.1 Å². The van der Waals surface area contributed by atoms with Gasteiger partial charge in [-0.15, -0.1) is 0 Å². The predicted molar refractivity (Wildman–Crippen MR) is 114 cm³/mol. The van der Waals surface area contributed by atoms with Crippen molar-refractivity contribution in [1.29, 1.82) is 0 Å². The van der Waals surface area contributed by atoms with E-state index >= 15 is 0 Å². The predicted octanol–water partition coefficient (Wildman–Crippen LogP) is 3.88. The summed E-state index contributed by atoms with van der Waals surface area (Å²) in [7, 11) is 1.41. The average Bonchev–Trinajstić information content (AvgIpc) is 2.72. The Morgan fingerprint density at radius 2 is 1.62 bits per heavy atom. The Hall–Kier alpha value is -2.44. The monoisotopic (exact) mass is 438 g/mol. The number of aryl methyl sites for hydroxylation is 1. The molecule has 2 aromatic carbocycles. The number of amides is 2. The van der Waals surface area contributed by atoms with Gasteiger partial charge in [-0.25, -0.2) is 0 Å². The average molecular weight is 439 g/mol. The summed E-state index contributed by atoms with van der Waals surface area (Å²) in [6.45, 7) is 2.47. The number of rotatable bonds is 10. The topological polar surface area (TPSA) is 76.7 Å².